The summed E-state index contributed by atoms with van der Waals surface area (Å²) in [6, 6.07) is 0.432. The molecule has 0 spiro atoms. The van der Waals surface area contributed by atoms with Crippen LogP contribution in [0, 0.1) is 5.92 Å². The molecule has 0 aromatic heterocycles. The lowest BCUT2D eigenvalue weighted by atomic mass is 9.97. The van der Waals surface area contributed by atoms with Gasteiger partial charge in [0.2, 0.25) is 11.8 Å². The van der Waals surface area contributed by atoms with Gasteiger partial charge in [-0.1, -0.05) is 0 Å². The summed E-state index contributed by atoms with van der Waals surface area (Å²) in [4.78, 5) is 27.4. The molecule has 0 aromatic carbocycles. The molecule has 6 heteroatoms. The Morgan fingerprint density at radius 2 is 2.11 bits per heavy atom. The maximum Gasteiger partial charge on any atom is 0.236 e. The van der Waals surface area contributed by atoms with Gasteiger partial charge in [0.15, 0.2) is 0 Å². The number of carbonyl (C=O) groups is 2. The van der Waals surface area contributed by atoms with Gasteiger partial charge >= 0.3 is 0 Å². The number of carbonyl (C=O) groups excluding carboxylic acids is 2. The summed E-state index contributed by atoms with van der Waals surface area (Å²) in [5.41, 5.74) is 5.34. The number of hydrogen-bond acceptors (Lipinski definition) is 4. The van der Waals surface area contributed by atoms with Gasteiger partial charge in [0.25, 0.3) is 0 Å². The predicted octanol–water partition coefficient (Wildman–Crippen LogP) is -0.996. The molecule has 2 atom stereocenters. The highest BCUT2D eigenvalue weighted by Gasteiger charge is 2.28. The van der Waals surface area contributed by atoms with Crippen molar-refractivity contribution in [3.8, 4) is 0 Å². The largest absolute Gasteiger partial charge is 0.369 e. The number of hydrogen-bond donors (Lipinski definition) is 2. The Balaban J connectivity index is 1.83. The number of piperazine rings is 1. The summed E-state index contributed by atoms with van der Waals surface area (Å²) in [6.07, 6.45) is 1.68. The van der Waals surface area contributed by atoms with Crippen molar-refractivity contribution in [1.29, 1.82) is 0 Å². The Bertz CT molecular complexity index is 348. The molecule has 6 nitrogen and oxygen atoms in total. The standard InChI is InChI=1S/C13H24N4O2/c1-10-7-16(6-4-15-10)9-12(18)17-5-2-3-11(8-17)13(14)19/h10-11,15H,2-9H2,1H3,(H2,14,19)/t10-,11?/m0/s1. The number of nitrogens with two attached hydrogens (primary N) is 1. The third-order valence-corrected chi connectivity index (χ3v) is 3.99. The lowest BCUT2D eigenvalue weighted by Crippen LogP contribution is -2.53. The van der Waals surface area contributed by atoms with Crippen LogP contribution in [0.15, 0.2) is 0 Å². The summed E-state index contributed by atoms with van der Waals surface area (Å²) in [5, 5.41) is 3.36. The second kappa shape index (κ2) is 6.34. The van der Waals surface area contributed by atoms with E-state index in [1.54, 1.807) is 4.90 Å². The Morgan fingerprint density at radius 3 is 2.79 bits per heavy atom. The Labute approximate surface area is 114 Å². The summed E-state index contributed by atoms with van der Waals surface area (Å²) in [7, 11) is 0. The van der Waals surface area contributed by atoms with Crippen LogP contribution in [0.1, 0.15) is 19.8 Å². The molecule has 2 saturated heterocycles. The van der Waals surface area contributed by atoms with E-state index < -0.39 is 0 Å². The fraction of sp³-hybridized carbons (Fsp3) is 0.846. The van der Waals surface area contributed by atoms with Crippen LogP contribution in [0.25, 0.3) is 0 Å². The first kappa shape index (κ1) is 14.3. The van der Waals surface area contributed by atoms with Gasteiger partial charge in [-0.05, 0) is 19.8 Å². The van der Waals surface area contributed by atoms with Crippen LogP contribution in [0.4, 0.5) is 0 Å². The average Bonchev–Trinajstić information content (AvgIpc) is 2.39. The van der Waals surface area contributed by atoms with Crippen LogP contribution in [0.3, 0.4) is 0 Å². The Kier molecular flexibility index (Phi) is 4.76. The summed E-state index contributed by atoms with van der Waals surface area (Å²) >= 11 is 0. The average molecular weight is 268 g/mol. The number of amides is 2. The maximum atomic E-state index is 12.3. The van der Waals surface area contributed by atoms with Crippen molar-refractivity contribution in [1.82, 2.24) is 15.1 Å². The van der Waals surface area contributed by atoms with Crippen molar-refractivity contribution in [2.75, 3.05) is 39.3 Å². The molecule has 0 saturated carbocycles. The minimum Gasteiger partial charge on any atom is -0.369 e. The Morgan fingerprint density at radius 1 is 1.32 bits per heavy atom. The van der Waals surface area contributed by atoms with Crippen molar-refractivity contribution in [2.24, 2.45) is 11.7 Å². The van der Waals surface area contributed by atoms with Crippen LogP contribution in [-0.4, -0.2) is 66.9 Å². The SMILES string of the molecule is C[C@H]1CN(CC(=O)N2CCCC(C(N)=O)C2)CCN1. The van der Waals surface area contributed by atoms with Crippen molar-refractivity contribution in [2.45, 2.75) is 25.8 Å². The fourth-order valence-electron chi connectivity index (χ4n) is 2.88. The van der Waals surface area contributed by atoms with Crippen molar-refractivity contribution in [3.05, 3.63) is 0 Å². The van der Waals surface area contributed by atoms with Gasteiger partial charge in [0.1, 0.15) is 0 Å². The third kappa shape index (κ3) is 3.91. The summed E-state index contributed by atoms with van der Waals surface area (Å²) in [6.45, 7) is 6.57. The van der Waals surface area contributed by atoms with Crippen LogP contribution < -0.4 is 11.1 Å². The summed E-state index contributed by atoms with van der Waals surface area (Å²) in [5.74, 6) is -0.326. The lowest BCUT2D eigenvalue weighted by molar-refractivity contribution is -0.136. The molecule has 2 aliphatic rings. The maximum absolute atomic E-state index is 12.3. The van der Waals surface area contributed by atoms with Gasteiger partial charge in [-0.15, -0.1) is 0 Å². The zero-order chi connectivity index (χ0) is 13.8. The molecule has 2 rings (SSSR count). The molecule has 0 aliphatic carbocycles. The van der Waals surface area contributed by atoms with Gasteiger partial charge in [-0.2, -0.15) is 0 Å². The highest BCUT2D eigenvalue weighted by atomic mass is 16.2. The Hall–Kier alpha value is -1.14. The molecule has 0 aromatic rings. The van der Waals surface area contributed by atoms with E-state index in [4.69, 9.17) is 5.73 Å². The second-order valence-corrected chi connectivity index (χ2v) is 5.67. The number of nitrogens with one attached hydrogen (secondary N) is 1. The second-order valence-electron chi connectivity index (χ2n) is 5.67. The number of likely N-dealkylation sites (tertiary alicyclic amines) is 1. The van der Waals surface area contributed by atoms with Gasteiger partial charge in [0.05, 0.1) is 12.5 Å². The number of piperidine rings is 1. The van der Waals surface area contributed by atoms with E-state index in [2.05, 4.69) is 17.1 Å². The molecule has 1 unspecified atom stereocenters. The lowest BCUT2D eigenvalue weighted by Gasteiger charge is -2.35. The van der Waals surface area contributed by atoms with Crippen LogP contribution in [-0.2, 0) is 9.59 Å². The van der Waals surface area contributed by atoms with Crippen LogP contribution >= 0.6 is 0 Å². The topological polar surface area (TPSA) is 78.7 Å². The zero-order valence-corrected chi connectivity index (χ0v) is 11.6. The monoisotopic (exact) mass is 268 g/mol. The molecular formula is C13H24N4O2. The minimum absolute atomic E-state index is 0.125. The first-order valence-electron chi connectivity index (χ1n) is 7.09. The zero-order valence-electron chi connectivity index (χ0n) is 11.6. The molecule has 2 heterocycles. The first-order chi connectivity index (χ1) is 9.06. The number of primary amides is 1. The fourth-order valence-corrected chi connectivity index (χ4v) is 2.88. The van der Waals surface area contributed by atoms with Crippen molar-refractivity contribution < 1.29 is 9.59 Å². The van der Waals surface area contributed by atoms with E-state index in [0.29, 0.717) is 19.1 Å². The first-order valence-corrected chi connectivity index (χ1v) is 7.09. The van der Waals surface area contributed by atoms with Gasteiger partial charge in [-0.25, -0.2) is 0 Å². The normalized spacial score (nSPS) is 29.2. The van der Waals surface area contributed by atoms with Gasteiger partial charge in [-0.3, -0.25) is 14.5 Å². The molecule has 2 aliphatic heterocycles. The number of rotatable bonds is 3. The number of nitrogens with zero attached hydrogens (tertiary/aromatic N) is 2. The van der Waals surface area contributed by atoms with E-state index in [1.807, 2.05) is 0 Å². The molecule has 19 heavy (non-hydrogen) atoms. The van der Waals surface area contributed by atoms with E-state index in [0.717, 1.165) is 39.0 Å². The van der Waals surface area contributed by atoms with E-state index in [9.17, 15) is 9.59 Å². The van der Waals surface area contributed by atoms with Crippen LogP contribution in [0.5, 0.6) is 0 Å². The quantitative estimate of drug-likeness (QED) is 0.688. The molecule has 2 amide bonds. The molecule has 0 radical (unpaired) electrons. The van der Waals surface area contributed by atoms with E-state index >= 15 is 0 Å². The molecule has 3 N–H and O–H groups in total. The minimum atomic E-state index is -0.284. The highest BCUT2D eigenvalue weighted by Crippen LogP contribution is 2.16. The van der Waals surface area contributed by atoms with Crippen molar-refractivity contribution >= 4 is 11.8 Å². The highest BCUT2D eigenvalue weighted by molar-refractivity contribution is 5.81. The van der Waals surface area contributed by atoms with E-state index in [-0.39, 0.29) is 17.7 Å². The predicted molar refractivity (Wildman–Crippen MR) is 72.4 cm³/mol. The third-order valence-electron chi connectivity index (χ3n) is 3.99. The molecule has 0 bridgehead atoms. The van der Waals surface area contributed by atoms with E-state index in [1.165, 1.54) is 0 Å². The molecular weight excluding hydrogens is 244 g/mol. The van der Waals surface area contributed by atoms with Crippen LogP contribution in [0.2, 0.25) is 0 Å². The summed E-state index contributed by atoms with van der Waals surface area (Å²) < 4.78 is 0. The van der Waals surface area contributed by atoms with Gasteiger partial charge in [0, 0.05) is 38.8 Å². The van der Waals surface area contributed by atoms with Gasteiger partial charge < -0.3 is 16.0 Å². The van der Waals surface area contributed by atoms with Crippen molar-refractivity contribution in [3.63, 3.8) is 0 Å². The molecule has 108 valence electrons. The smallest absolute Gasteiger partial charge is 0.236 e. The molecule has 2 fully saturated rings.